The summed E-state index contributed by atoms with van der Waals surface area (Å²) in [6.07, 6.45) is 4.18. The summed E-state index contributed by atoms with van der Waals surface area (Å²) in [5.74, 6) is 1.13. The van der Waals surface area contributed by atoms with Gasteiger partial charge in [-0.2, -0.15) is 0 Å². The van der Waals surface area contributed by atoms with Crippen LogP contribution in [0.5, 0.6) is 0 Å². The van der Waals surface area contributed by atoms with Crippen molar-refractivity contribution in [3.63, 3.8) is 0 Å². The van der Waals surface area contributed by atoms with Crippen molar-refractivity contribution < 1.29 is 0 Å². The van der Waals surface area contributed by atoms with E-state index in [2.05, 4.69) is 51.3 Å². The van der Waals surface area contributed by atoms with E-state index >= 15 is 0 Å². The molecule has 0 spiro atoms. The Hall–Kier alpha value is -2.92. The van der Waals surface area contributed by atoms with Crippen molar-refractivity contribution in [3.05, 3.63) is 65.9 Å². The number of fused-ring (bicyclic) bond motifs is 2. The Bertz CT molecular complexity index is 1100. The minimum Gasteiger partial charge on any atom is -0.369 e. The van der Waals surface area contributed by atoms with Gasteiger partial charge in [0.25, 0.3) is 0 Å². The number of hydrogen-bond acceptors (Lipinski definition) is 4. The lowest BCUT2D eigenvalue weighted by Crippen LogP contribution is -2.26. The van der Waals surface area contributed by atoms with Crippen molar-refractivity contribution in [1.29, 1.82) is 0 Å². The van der Waals surface area contributed by atoms with Crippen LogP contribution in [0.2, 0.25) is 0 Å². The second-order valence-electron chi connectivity index (χ2n) is 7.28. The maximum atomic E-state index is 6.37. The summed E-state index contributed by atoms with van der Waals surface area (Å²) < 4.78 is 2.13. The van der Waals surface area contributed by atoms with Crippen LogP contribution in [0.1, 0.15) is 29.9 Å². The summed E-state index contributed by atoms with van der Waals surface area (Å²) in [4.78, 5) is 9.24. The Morgan fingerprint density at radius 2 is 1.89 bits per heavy atom. The average molecular weight is 357 g/mol. The van der Waals surface area contributed by atoms with E-state index in [9.17, 15) is 0 Å². The van der Waals surface area contributed by atoms with Gasteiger partial charge in [0, 0.05) is 11.6 Å². The van der Waals surface area contributed by atoms with Gasteiger partial charge in [0.05, 0.1) is 23.1 Å². The van der Waals surface area contributed by atoms with Crippen molar-refractivity contribution >= 4 is 27.9 Å². The second-order valence-corrected chi connectivity index (χ2v) is 7.28. The predicted octanol–water partition coefficient (Wildman–Crippen LogP) is 3.68. The zero-order valence-corrected chi connectivity index (χ0v) is 15.2. The van der Waals surface area contributed by atoms with Crippen LogP contribution in [0.4, 0.5) is 5.95 Å². The molecule has 5 nitrogen and oxygen atoms in total. The molecule has 0 bridgehead atoms. The monoisotopic (exact) mass is 357 g/mol. The Labute approximate surface area is 158 Å². The third kappa shape index (κ3) is 2.84. The molecule has 0 unspecified atom stereocenters. The van der Waals surface area contributed by atoms with Crippen LogP contribution in [-0.4, -0.2) is 27.6 Å². The Morgan fingerprint density at radius 3 is 2.78 bits per heavy atom. The Morgan fingerprint density at radius 1 is 1.04 bits per heavy atom. The average Bonchev–Trinajstić information content (AvgIpc) is 3.04. The normalized spacial score (nSPS) is 15.6. The van der Waals surface area contributed by atoms with Crippen molar-refractivity contribution in [2.75, 3.05) is 18.8 Å². The number of para-hydroxylation sites is 2. The molecule has 136 valence electrons. The highest BCUT2D eigenvalue weighted by Crippen LogP contribution is 2.32. The summed E-state index contributed by atoms with van der Waals surface area (Å²) in [5.41, 5.74) is 12.1. The molecule has 0 aliphatic carbocycles. The number of nitrogens with zero attached hydrogens (tertiary/aromatic N) is 3. The summed E-state index contributed by atoms with van der Waals surface area (Å²) >= 11 is 0. The molecule has 1 saturated heterocycles. The van der Waals surface area contributed by atoms with Crippen LogP contribution in [0.15, 0.2) is 54.7 Å². The van der Waals surface area contributed by atoms with Gasteiger partial charge in [-0.05, 0) is 61.2 Å². The van der Waals surface area contributed by atoms with E-state index in [-0.39, 0.29) is 0 Å². The summed E-state index contributed by atoms with van der Waals surface area (Å²) in [5, 5.41) is 4.61. The highest BCUT2D eigenvalue weighted by Gasteiger charge is 2.20. The molecule has 1 aliphatic rings. The van der Waals surface area contributed by atoms with E-state index in [0.717, 1.165) is 47.9 Å². The van der Waals surface area contributed by atoms with Gasteiger partial charge in [-0.25, -0.2) is 4.98 Å². The van der Waals surface area contributed by atoms with Gasteiger partial charge in [-0.1, -0.05) is 30.3 Å². The molecule has 27 heavy (non-hydrogen) atoms. The van der Waals surface area contributed by atoms with Gasteiger partial charge >= 0.3 is 0 Å². The number of aromatic nitrogens is 3. The first kappa shape index (κ1) is 16.3. The van der Waals surface area contributed by atoms with E-state index in [1.165, 1.54) is 11.1 Å². The minimum absolute atomic E-state index is 0.555. The number of hydrogen-bond donors (Lipinski definition) is 2. The van der Waals surface area contributed by atoms with Gasteiger partial charge in [0.2, 0.25) is 5.95 Å². The van der Waals surface area contributed by atoms with E-state index in [1.807, 2.05) is 18.3 Å². The number of nitrogen functional groups attached to an aromatic ring is 1. The van der Waals surface area contributed by atoms with E-state index in [4.69, 9.17) is 10.7 Å². The molecular formula is C22H23N5. The molecule has 1 fully saturated rings. The topological polar surface area (TPSA) is 68.8 Å². The summed E-state index contributed by atoms with van der Waals surface area (Å²) in [6.45, 7) is 2.83. The first-order valence-electron chi connectivity index (χ1n) is 9.59. The number of imidazole rings is 1. The van der Waals surface area contributed by atoms with Gasteiger partial charge in [0.1, 0.15) is 0 Å². The van der Waals surface area contributed by atoms with E-state index in [1.54, 1.807) is 0 Å². The first-order valence-corrected chi connectivity index (χ1v) is 9.59. The highest BCUT2D eigenvalue weighted by atomic mass is 15.2. The predicted molar refractivity (Wildman–Crippen MR) is 110 cm³/mol. The zero-order chi connectivity index (χ0) is 18.2. The molecule has 3 heterocycles. The van der Waals surface area contributed by atoms with Gasteiger partial charge < -0.3 is 15.6 Å². The molecule has 5 heteroatoms. The summed E-state index contributed by atoms with van der Waals surface area (Å²) in [6, 6.07) is 16.8. The Balaban J connectivity index is 1.60. The molecule has 0 radical (unpaired) electrons. The number of nitrogens with one attached hydrogen (secondary N) is 1. The minimum atomic E-state index is 0.555. The molecule has 3 N–H and O–H groups in total. The molecular weight excluding hydrogens is 334 g/mol. The largest absolute Gasteiger partial charge is 0.369 e. The van der Waals surface area contributed by atoms with Crippen LogP contribution < -0.4 is 11.1 Å². The lowest BCUT2D eigenvalue weighted by Gasteiger charge is -2.23. The smallest absolute Gasteiger partial charge is 0.201 e. The standard InChI is InChI=1S/C22H23N5/c23-22-26-21-18(15-8-11-24-12-9-15)5-3-7-20(21)27(22)14-16-10-13-25-19-6-2-1-4-17(16)19/h1-7,10,13,15,24H,8-9,11-12,14H2,(H2,23,26). The molecule has 2 aromatic heterocycles. The molecule has 0 amide bonds. The van der Waals surface area contributed by atoms with E-state index in [0.29, 0.717) is 18.4 Å². The number of pyridine rings is 1. The van der Waals surface area contributed by atoms with Crippen LogP contribution >= 0.6 is 0 Å². The maximum absolute atomic E-state index is 6.37. The zero-order valence-electron chi connectivity index (χ0n) is 15.2. The fourth-order valence-corrected chi connectivity index (χ4v) is 4.28. The van der Waals surface area contributed by atoms with Crippen LogP contribution in [-0.2, 0) is 6.54 Å². The third-order valence-corrected chi connectivity index (χ3v) is 5.69. The van der Waals surface area contributed by atoms with Crippen molar-refractivity contribution in [2.45, 2.75) is 25.3 Å². The number of anilines is 1. The second kappa shape index (κ2) is 6.67. The van der Waals surface area contributed by atoms with Gasteiger partial charge in [-0.3, -0.25) is 4.98 Å². The quantitative estimate of drug-likeness (QED) is 0.587. The fraction of sp³-hybridized carbons (Fsp3) is 0.273. The molecule has 1 aliphatic heterocycles. The number of rotatable bonds is 3. The van der Waals surface area contributed by atoms with Crippen molar-refractivity contribution in [1.82, 2.24) is 19.9 Å². The molecule has 0 atom stereocenters. The molecule has 4 aromatic rings. The number of piperidine rings is 1. The molecule has 5 rings (SSSR count). The van der Waals surface area contributed by atoms with Crippen LogP contribution in [0.3, 0.4) is 0 Å². The maximum Gasteiger partial charge on any atom is 0.201 e. The van der Waals surface area contributed by atoms with Crippen LogP contribution in [0, 0.1) is 0 Å². The number of benzene rings is 2. The third-order valence-electron chi connectivity index (χ3n) is 5.69. The molecule has 2 aromatic carbocycles. The SMILES string of the molecule is Nc1nc2c(C3CCNCC3)cccc2n1Cc1ccnc2ccccc12. The van der Waals surface area contributed by atoms with Crippen LogP contribution in [0.25, 0.3) is 21.9 Å². The van der Waals surface area contributed by atoms with E-state index < -0.39 is 0 Å². The lowest BCUT2D eigenvalue weighted by molar-refractivity contribution is 0.462. The first-order chi connectivity index (χ1) is 13.3. The van der Waals surface area contributed by atoms with Crippen molar-refractivity contribution in [2.24, 2.45) is 0 Å². The van der Waals surface area contributed by atoms with Gasteiger partial charge in [0.15, 0.2) is 0 Å². The van der Waals surface area contributed by atoms with Crippen molar-refractivity contribution in [3.8, 4) is 0 Å². The number of nitrogens with two attached hydrogens (primary N) is 1. The summed E-state index contributed by atoms with van der Waals surface area (Å²) in [7, 11) is 0. The fourth-order valence-electron chi connectivity index (χ4n) is 4.28. The lowest BCUT2D eigenvalue weighted by atomic mass is 9.89. The Kier molecular flexibility index (Phi) is 4.02. The van der Waals surface area contributed by atoms with Gasteiger partial charge in [-0.15, -0.1) is 0 Å². The highest BCUT2D eigenvalue weighted by molar-refractivity contribution is 5.84. The molecule has 0 saturated carbocycles.